The van der Waals surface area contributed by atoms with Gasteiger partial charge in [0.2, 0.25) is 10.0 Å². The number of fused-ring (bicyclic) bond motifs is 1. The third kappa shape index (κ3) is 5.64. The summed E-state index contributed by atoms with van der Waals surface area (Å²) in [4.78, 5) is 2.38. The van der Waals surface area contributed by atoms with Crippen LogP contribution in [0.5, 0.6) is 0 Å². The fourth-order valence-electron chi connectivity index (χ4n) is 3.25. The molecule has 0 unspecified atom stereocenters. The van der Waals surface area contributed by atoms with E-state index in [1.54, 1.807) is 6.07 Å². The molecule has 1 N–H and O–H groups in total. The highest BCUT2D eigenvalue weighted by Crippen LogP contribution is 2.23. The number of nitrogens with one attached hydrogen (secondary N) is 1. The van der Waals surface area contributed by atoms with Crippen molar-refractivity contribution in [2.75, 3.05) is 19.6 Å². The van der Waals surface area contributed by atoms with Crippen LogP contribution in [0.3, 0.4) is 0 Å². The SMILES string of the molecule is CC(C)(C)c1cc(CS(=O)(=O)NCCCN2CCc3ccccc3C2)no1. The number of benzene rings is 1. The molecule has 2 aromatic rings. The largest absolute Gasteiger partial charge is 0.361 e. The first-order valence-corrected chi connectivity index (χ1v) is 11.1. The molecule has 0 radical (unpaired) electrons. The van der Waals surface area contributed by atoms with Crippen LogP contribution < -0.4 is 4.72 Å². The summed E-state index contributed by atoms with van der Waals surface area (Å²) in [7, 11) is -3.41. The van der Waals surface area contributed by atoms with Gasteiger partial charge in [-0.3, -0.25) is 4.90 Å². The summed E-state index contributed by atoms with van der Waals surface area (Å²) < 4.78 is 32.5. The summed E-state index contributed by atoms with van der Waals surface area (Å²) in [6, 6.07) is 10.3. The van der Waals surface area contributed by atoms with Crippen LogP contribution >= 0.6 is 0 Å². The summed E-state index contributed by atoms with van der Waals surface area (Å²) in [5.41, 5.74) is 3.07. The summed E-state index contributed by atoms with van der Waals surface area (Å²) in [5, 5.41) is 3.89. The number of sulfonamides is 1. The van der Waals surface area contributed by atoms with E-state index in [2.05, 4.69) is 39.0 Å². The van der Waals surface area contributed by atoms with Gasteiger partial charge in [0, 0.05) is 31.1 Å². The van der Waals surface area contributed by atoms with Crippen LogP contribution in [0.1, 0.15) is 49.8 Å². The van der Waals surface area contributed by atoms with E-state index in [1.807, 2.05) is 20.8 Å². The first-order chi connectivity index (χ1) is 12.7. The molecule has 0 amide bonds. The molecule has 3 rings (SSSR count). The lowest BCUT2D eigenvalue weighted by atomic mass is 9.93. The number of rotatable bonds is 7. The zero-order valence-corrected chi connectivity index (χ0v) is 17.2. The minimum atomic E-state index is -3.41. The second-order valence-electron chi connectivity index (χ2n) is 8.23. The lowest BCUT2D eigenvalue weighted by Gasteiger charge is -2.28. The fraction of sp³-hybridized carbons (Fsp3) is 0.550. The van der Waals surface area contributed by atoms with Gasteiger partial charge >= 0.3 is 0 Å². The van der Waals surface area contributed by atoms with Gasteiger partial charge in [-0.2, -0.15) is 0 Å². The van der Waals surface area contributed by atoms with E-state index < -0.39 is 10.0 Å². The molecule has 0 spiro atoms. The van der Waals surface area contributed by atoms with Gasteiger partial charge in [0.1, 0.15) is 17.2 Å². The van der Waals surface area contributed by atoms with Gasteiger partial charge < -0.3 is 4.52 Å². The number of aromatic nitrogens is 1. The molecule has 0 bridgehead atoms. The van der Waals surface area contributed by atoms with E-state index in [9.17, 15) is 8.42 Å². The predicted octanol–water partition coefficient (Wildman–Crippen LogP) is 2.84. The standard InChI is InChI=1S/C20H29N3O3S/c1-20(2,3)19-13-18(22-26-19)15-27(24,25)21-10-6-11-23-12-9-16-7-4-5-8-17(16)14-23/h4-5,7-8,13,21H,6,9-12,14-15H2,1-3H3. The van der Waals surface area contributed by atoms with Crippen molar-refractivity contribution in [3.8, 4) is 0 Å². The van der Waals surface area contributed by atoms with Gasteiger partial charge in [-0.1, -0.05) is 50.2 Å². The van der Waals surface area contributed by atoms with Gasteiger partial charge in [0.25, 0.3) is 0 Å². The molecule has 0 saturated heterocycles. The van der Waals surface area contributed by atoms with Crippen molar-refractivity contribution in [2.45, 2.75) is 51.3 Å². The van der Waals surface area contributed by atoms with Crippen molar-refractivity contribution in [2.24, 2.45) is 0 Å². The van der Waals surface area contributed by atoms with Crippen LogP contribution in [0.15, 0.2) is 34.9 Å². The number of nitrogens with zero attached hydrogens (tertiary/aromatic N) is 2. The second kappa shape index (κ2) is 8.12. The third-order valence-corrected chi connectivity index (χ3v) is 6.14. The zero-order chi connectivity index (χ0) is 19.5. The minimum absolute atomic E-state index is 0.149. The van der Waals surface area contributed by atoms with Crippen molar-refractivity contribution in [3.05, 3.63) is 52.9 Å². The average Bonchev–Trinajstić information content (AvgIpc) is 3.07. The minimum Gasteiger partial charge on any atom is -0.361 e. The third-order valence-electron chi connectivity index (χ3n) is 4.82. The Morgan fingerprint density at radius 3 is 2.67 bits per heavy atom. The first kappa shape index (κ1) is 20.0. The highest BCUT2D eigenvalue weighted by atomic mass is 32.2. The maximum Gasteiger partial charge on any atom is 0.217 e. The Bertz CT molecular complexity index is 869. The summed E-state index contributed by atoms with van der Waals surface area (Å²) in [5.74, 6) is 0.544. The molecular formula is C20H29N3O3S. The van der Waals surface area contributed by atoms with E-state index in [4.69, 9.17) is 4.52 Å². The Morgan fingerprint density at radius 1 is 1.22 bits per heavy atom. The molecule has 1 aromatic heterocycles. The Morgan fingerprint density at radius 2 is 1.96 bits per heavy atom. The summed E-state index contributed by atoms with van der Waals surface area (Å²) in [6.45, 7) is 9.30. The van der Waals surface area contributed by atoms with Crippen molar-refractivity contribution in [3.63, 3.8) is 0 Å². The Kier molecular flexibility index (Phi) is 6.03. The molecule has 1 aromatic carbocycles. The molecule has 0 fully saturated rings. The van der Waals surface area contributed by atoms with Crippen LogP contribution in [-0.2, 0) is 34.2 Å². The molecule has 1 aliphatic rings. The molecule has 0 atom stereocenters. The molecule has 2 heterocycles. The van der Waals surface area contributed by atoms with Crippen LogP contribution in [0.25, 0.3) is 0 Å². The predicted molar refractivity (Wildman–Crippen MR) is 106 cm³/mol. The van der Waals surface area contributed by atoms with E-state index in [0.717, 1.165) is 32.5 Å². The Labute approximate surface area is 162 Å². The maximum atomic E-state index is 12.3. The maximum absolute atomic E-state index is 12.3. The zero-order valence-electron chi connectivity index (χ0n) is 16.4. The monoisotopic (exact) mass is 391 g/mol. The van der Waals surface area contributed by atoms with Crippen LogP contribution in [-0.4, -0.2) is 38.1 Å². The Balaban J connectivity index is 1.43. The van der Waals surface area contributed by atoms with E-state index >= 15 is 0 Å². The lowest BCUT2D eigenvalue weighted by Crippen LogP contribution is -2.34. The summed E-state index contributed by atoms with van der Waals surface area (Å²) in [6.07, 6.45) is 1.84. The highest BCUT2D eigenvalue weighted by molar-refractivity contribution is 7.88. The highest BCUT2D eigenvalue weighted by Gasteiger charge is 2.22. The van der Waals surface area contributed by atoms with Crippen LogP contribution in [0.2, 0.25) is 0 Å². The van der Waals surface area contributed by atoms with Gasteiger partial charge in [-0.15, -0.1) is 0 Å². The molecule has 7 heteroatoms. The van der Waals surface area contributed by atoms with Crippen molar-refractivity contribution < 1.29 is 12.9 Å². The molecule has 148 valence electrons. The van der Waals surface area contributed by atoms with Crippen LogP contribution in [0.4, 0.5) is 0 Å². The van der Waals surface area contributed by atoms with Crippen LogP contribution in [0, 0.1) is 0 Å². The normalized spacial score (nSPS) is 15.7. The smallest absolute Gasteiger partial charge is 0.217 e. The quantitative estimate of drug-likeness (QED) is 0.735. The number of hydrogen-bond acceptors (Lipinski definition) is 5. The second-order valence-corrected chi connectivity index (χ2v) is 10.0. The molecule has 1 aliphatic heterocycles. The van der Waals surface area contributed by atoms with Gasteiger partial charge in [-0.25, -0.2) is 13.1 Å². The van der Waals surface area contributed by atoms with E-state index in [-0.39, 0.29) is 11.2 Å². The first-order valence-electron chi connectivity index (χ1n) is 9.45. The van der Waals surface area contributed by atoms with Crippen molar-refractivity contribution in [1.82, 2.24) is 14.8 Å². The number of hydrogen-bond donors (Lipinski definition) is 1. The van der Waals surface area contributed by atoms with Crippen molar-refractivity contribution >= 4 is 10.0 Å². The topological polar surface area (TPSA) is 75.4 Å². The summed E-state index contributed by atoms with van der Waals surface area (Å²) >= 11 is 0. The van der Waals surface area contributed by atoms with Gasteiger partial charge in [0.15, 0.2) is 0 Å². The van der Waals surface area contributed by atoms with Crippen molar-refractivity contribution in [1.29, 1.82) is 0 Å². The molecular weight excluding hydrogens is 362 g/mol. The fourth-order valence-corrected chi connectivity index (χ4v) is 4.34. The lowest BCUT2D eigenvalue weighted by molar-refractivity contribution is 0.251. The van der Waals surface area contributed by atoms with Gasteiger partial charge in [-0.05, 0) is 30.5 Å². The molecule has 27 heavy (non-hydrogen) atoms. The Hall–Kier alpha value is -1.70. The van der Waals surface area contributed by atoms with Gasteiger partial charge in [0.05, 0.1) is 0 Å². The molecule has 6 nitrogen and oxygen atoms in total. The molecule has 0 aliphatic carbocycles. The average molecular weight is 392 g/mol. The van der Waals surface area contributed by atoms with E-state index in [0.29, 0.717) is 18.0 Å². The molecule has 0 saturated carbocycles. The van der Waals surface area contributed by atoms with E-state index in [1.165, 1.54) is 11.1 Å².